The van der Waals surface area contributed by atoms with Gasteiger partial charge in [-0.15, -0.1) is 0 Å². The number of amides is 1. The van der Waals surface area contributed by atoms with Gasteiger partial charge in [0.25, 0.3) is 5.91 Å². The van der Waals surface area contributed by atoms with Gasteiger partial charge < -0.3 is 14.2 Å². The highest BCUT2D eigenvalue weighted by Gasteiger charge is 2.33. The zero-order valence-corrected chi connectivity index (χ0v) is 28.4. The summed E-state index contributed by atoms with van der Waals surface area (Å²) in [6.45, 7) is -0.437. The lowest BCUT2D eigenvalue weighted by Gasteiger charge is -2.18. The quantitative estimate of drug-likeness (QED) is 0.139. The zero-order valence-electron chi connectivity index (χ0n) is 26.7. The Kier molecular flexibility index (Phi) is 7.30. The number of rotatable bonds is 6. The maximum Gasteiger partial charge on any atom is 0.323 e. The van der Waals surface area contributed by atoms with Crippen LogP contribution in [-0.4, -0.2) is 41.9 Å². The van der Waals surface area contributed by atoms with Gasteiger partial charge in [-0.25, -0.2) is 0 Å². The van der Waals surface area contributed by atoms with Gasteiger partial charge in [-0.2, -0.15) is 0 Å². The lowest BCUT2D eigenvalue weighted by atomic mass is 9.95. The lowest BCUT2D eigenvalue weighted by molar-refractivity contribution is -0.140. The second kappa shape index (κ2) is 12.0. The van der Waals surface area contributed by atoms with Gasteiger partial charge in [0.15, 0.2) is 0 Å². The average Bonchev–Trinajstić information content (AvgIpc) is 3.75. The minimum absolute atomic E-state index is 0.261. The van der Waals surface area contributed by atoms with Crippen molar-refractivity contribution in [2.75, 3.05) is 6.54 Å². The molecule has 242 valence electrons. The molecule has 1 amide bonds. The molecule has 1 fully saturated rings. The maximum absolute atomic E-state index is 12.9. The summed E-state index contributed by atoms with van der Waals surface area (Å²) in [5.74, 6) is -1.47. The highest BCUT2D eigenvalue weighted by atomic mass is 32.2. The molecular formula is C42H29N3O3S2. The molecule has 1 aliphatic heterocycles. The number of benzene rings is 5. The summed E-state index contributed by atoms with van der Waals surface area (Å²) >= 11 is 6.42. The van der Waals surface area contributed by atoms with Crippen molar-refractivity contribution in [2.45, 2.75) is 12.8 Å². The third-order valence-electron chi connectivity index (χ3n) is 9.65. The van der Waals surface area contributed by atoms with Crippen LogP contribution in [0.4, 0.5) is 0 Å². The van der Waals surface area contributed by atoms with Crippen molar-refractivity contribution in [3.63, 3.8) is 0 Å². The molecule has 1 aliphatic carbocycles. The molecule has 3 heterocycles. The van der Waals surface area contributed by atoms with Crippen LogP contribution in [0.3, 0.4) is 0 Å². The second-order valence-corrected chi connectivity index (χ2v) is 14.2. The molecule has 8 heteroatoms. The largest absolute Gasteiger partial charge is 0.480 e. The highest BCUT2D eigenvalue weighted by Crippen LogP contribution is 2.39. The van der Waals surface area contributed by atoms with Crippen LogP contribution >= 0.6 is 24.0 Å². The fourth-order valence-corrected chi connectivity index (χ4v) is 8.65. The molecule has 6 nitrogen and oxygen atoms in total. The molecule has 0 unspecified atom stereocenters. The van der Waals surface area contributed by atoms with E-state index in [9.17, 15) is 14.7 Å². The van der Waals surface area contributed by atoms with Gasteiger partial charge in [-0.3, -0.25) is 14.5 Å². The van der Waals surface area contributed by atoms with E-state index in [0.717, 1.165) is 62.6 Å². The van der Waals surface area contributed by atoms with Crippen molar-refractivity contribution in [1.29, 1.82) is 0 Å². The first-order valence-corrected chi connectivity index (χ1v) is 17.7. The van der Waals surface area contributed by atoms with E-state index in [2.05, 4.69) is 124 Å². The van der Waals surface area contributed by atoms with Gasteiger partial charge in [0.1, 0.15) is 10.9 Å². The maximum atomic E-state index is 12.9. The molecule has 9 rings (SSSR count). The third-order valence-corrected chi connectivity index (χ3v) is 11.0. The number of para-hydroxylation sites is 3. The normalized spacial score (nSPS) is 15.9. The lowest BCUT2D eigenvalue weighted by Crippen LogP contribution is -2.33. The molecule has 0 spiro atoms. The molecule has 1 saturated heterocycles. The molecule has 7 aromatic rings. The smallest absolute Gasteiger partial charge is 0.323 e. The van der Waals surface area contributed by atoms with Crippen molar-refractivity contribution in [3.8, 4) is 5.69 Å². The van der Waals surface area contributed by atoms with Crippen LogP contribution in [-0.2, 0) is 9.59 Å². The molecule has 0 bridgehead atoms. The third kappa shape index (κ3) is 4.99. The van der Waals surface area contributed by atoms with Gasteiger partial charge in [0, 0.05) is 32.9 Å². The molecule has 0 radical (unpaired) electrons. The second-order valence-electron chi connectivity index (χ2n) is 12.6. The van der Waals surface area contributed by atoms with Crippen molar-refractivity contribution in [3.05, 3.63) is 143 Å². The van der Waals surface area contributed by atoms with Crippen molar-refractivity contribution < 1.29 is 14.7 Å². The van der Waals surface area contributed by atoms with E-state index in [1.165, 1.54) is 38.6 Å². The summed E-state index contributed by atoms with van der Waals surface area (Å²) in [7, 11) is 0. The van der Waals surface area contributed by atoms with Crippen LogP contribution in [0.15, 0.2) is 132 Å². The summed E-state index contributed by atoms with van der Waals surface area (Å²) in [5.41, 5.74) is 10.4. The van der Waals surface area contributed by atoms with Gasteiger partial charge in [-0.05, 0) is 84.2 Å². The molecule has 5 aromatic carbocycles. The van der Waals surface area contributed by atoms with Crippen LogP contribution < -0.4 is 0 Å². The first-order chi connectivity index (χ1) is 24.4. The standard InChI is InChI=1S/C42H29N3O3S2/c46-40(47)25-43-41(48)39(50-42(43)49)24-26-13-22-38-34(23-26)33-9-3-6-12-37(33)45(38)30-20-16-28(17-21-30)27-14-18-29(19-15-27)44-35-10-4-1-7-31(35)32-8-2-5-11-36(32)44/h1-16,18-20,22-24H,17,21,25H2,(H,46,47)/b39-24-. The minimum Gasteiger partial charge on any atom is -0.480 e. The molecule has 2 aromatic heterocycles. The Bertz CT molecular complexity index is 2620. The summed E-state index contributed by atoms with van der Waals surface area (Å²) in [5, 5.41) is 13.9. The Morgan fingerprint density at radius 2 is 1.32 bits per heavy atom. The van der Waals surface area contributed by atoms with Crippen LogP contribution in [0, 0.1) is 0 Å². The molecular weight excluding hydrogens is 659 g/mol. The number of carboxylic acid groups (broad SMARTS) is 1. The molecule has 2 aliphatic rings. The summed E-state index contributed by atoms with van der Waals surface area (Å²) in [6, 6.07) is 40.7. The Labute approximate surface area is 297 Å². The molecule has 1 N–H and O–H groups in total. The summed E-state index contributed by atoms with van der Waals surface area (Å²) < 4.78 is 4.95. The number of hydrogen-bond donors (Lipinski definition) is 1. The summed E-state index contributed by atoms with van der Waals surface area (Å²) in [4.78, 5) is 25.7. The predicted molar refractivity (Wildman–Crippen MR) is 209 cm³/mol. The first-order valence-electron chi connectivity index (χ1n) is 16.4. The monoisotopic (exact) mass is 687 g/mol. The number of carboxylic acids is 1. The fourth-order valence-electron chi connectivity index (χ4n) is 7.39. The topological polar surface area (TPSA) is 67.5 Å². The SMILES string of the molecule is O=C(O)CN1C(=O)/C(=C/c2ccc3c(c2)c2ccccc2n3C2=CC=C(c3ccc(-n4c5ccccc5c5ccccc54)cc3)CC2)SC1=S. The summed E-state index contributed by atoms with van der Waals surface area (Å²) in [6.07, 6.45) is 8.11. The molecule has 0 saturated carbocycles. The molecule has 50 heavy (non-hydrogen) atoms. The average molecular weight is 688 g/mol. The highest BCUT2D eigenvalue weighted by molar-refractivity contribution is 8.26. The van der Waals surface area contributed by atoms with Gasteiger partial charge in [0.2, 0.25) is 0 Å². The van der Waals surface area contributed by atoms with Gasteiger partial charge >= 0.3 is 5.97 Å². The van der Waals surface area contributed by atoms with E-state index in [1.807, 2.05) is 12.1 Å². The van der Waals surface area contributed by atoms with Gasteiger partial charge in [-0.1, -0.05) is 103 Å². The van der Waals surface area contributed by atoms with Crippen LogP contribution in [0.5, 0.6) is 0 Å². The number of thiocarbonyl (C=S) groups is 1. The number of nitrogens with zero attached hydrogens (tertiary/aromatic N) is 3. The van der Waals surface area contributed by atoms with Crippen LogP contribution in [0.2, 0.25) is 0 Å². The zero-order chi connectivity index (χ0) is 33.9. The van der Waals surface area contributed by atoms with Crippen molar-refractivity contribution in [2.24, 2.45) is 0 Å². The van der Waals surface area contributed by atoms with E-state index in [1.54, 1.807) is 6.08 Å². The van der Waals surface area contributed by atoms with Crippen LogP contribution in [0.25, 0.3) is 66.6 Å². The Balaban J connectivity index is 1.04. The predicted octanol–water partition coefficient (Wildman–Crippen LogP) is 9.90. The Morgan fingerprint density at radius 3 is 1.94 bits per heavy atom. The minimum atomic E-state index is -1.09. The van der Waals surface area contributed by atoms with Crippen LogP contribution in [0.1, 0.15) is 24.0 Å². The number of allylic oxidation sites excluding steroid dienone is 4. The fraction of sp³-hybridized carbons (Fsp3) is 0.0714. The van der Waals surface area contributed by atoms with E-state index in [4.69, 9.17) is 12.2 Å². The Hall–Kier alpha value is -5.70. The van der Waals surface area contributed by atoms with E-state index in [-0.39, 0.29) is 10.2 Å². The molecule has 0 atom stereocenters. The number of fused-ring (bicyclic) bond motifs is 6. The van der Waals surface area contributed by atoms with E-state index >= 15 is 0 Å². The Morgan fingerprint density at radius 1 is 0.720 bits per heavy atom. The number of carbonyl (C=O) groups is 2. The van der Waals surface area contributed by atoms with Gasteiger partial charge in [0.05, 0.1) is 27.0 Å². The number of thioether (sulfide) groups is 1. The first kappa shape index (κ1) is 30.4. The van der Waals surface area contributed by atoms with Crippen molar-refractivity contribution >= 4 is 101 Å². The van der Waals surface area contributed by atoms with E-state index < -0.39 is 12.5 Å². The van der Waals surface area contributed by atoms with E-state index in [0.29, 0.717) is 4.91 Å². The van der Waals surface area contributed by atoms with Crippen molar-refractivity contribution in [1.82, 2.24) is 14.0 Å². The number of hydrogen-bond acceptors (Lipinski definition) is 4. The number of carbonyl (C=O) groups excluding carboxylic acids is 1. The number of aromatic nitrogens is 2. The number of aliphatic carboxylic acids is 1.